The first-order chi connectivity index (χ1) is 12.1. The normalized spacial score (nSPS) is 15.4. The molecule has 1 unspecified atom stereocenters. The van der Waals surface area contributed by atoms with Crippen LogP contribution >= 0.6 is 0 Å². The molecule has 7 heteroatoms. The van der Waals surface area contributed by atoms with Gasteiger partial charge in [-0.05, 0) is 18.4 Å². The number of hydrogen-bond acceptors (Lipinski definition) is 5. The standard InChI is InChI=1S/C18H22N4O3/c19-16(13-6-2-1-3-7-13)18-21-14(12-25-18)17(24)20-9-5-11-22-10-4-8-15(22)23/h1-3,6-7,12,16H,4-5,8-11,19H2,(H,20,24). The molecule has 1 aliphatic rings. The second-order valence-electron chi connectivity index (χ2n) is 6.05. The number of oxazole rings is 1. The Morgan fingerprint density at radius 1 is 1.36 bits per heavy atom. The monoisotopic (exact) mass is 342 g/mol. The van der Waals surface area contributed by atoms with Crippen molar-refractivity contribution in [2.24, 2.45) is 5.73 Å². The van der Waals surface area contributed by atoms with E-state index in [-0.39, 0.29) is 17.5 Å². The summed E-state index contributed by atoms with van der Waals surface area (Å²) >= 11 is 0. The molecule has 1 atom stereocenters. The average Bonchev–Trinajstić information content (AvgIpc) is 3.28. The van der Waals surface area contributed by atoms with E-state index in [1.165, 1.54) is 6.26 Å². The summed E-state index contributed by atoms with van der Waals surface area (Å²) in [6.07, 6.45) is 3.59. The first kappa shape index (κ1) is 17.2. The number of benzene rings is 1. The van der Waals surface area contributed by atoms with E-state index in [0.717, 1.165) is 18.5 Å². The molecule has 2 aromatic rings. The Labute approximate surface area is 146 Å². The van der Waals surface area contributed by atoms with Gasteiger partial charge < -0.3 is 20.4 Å². The second kappa shape index (κ2) is 7.94. The van der Waals surface area contributed by atoms with E-state index in [4.69, 9.17) is 10.2 Å². The third-order valence-corrected chi connectivity index (χ3v) is 4.24. The molecule has 1 aromatic heterocycles. The zero-order valence-corrected chi connectivity index (χ0v) is 14.0. The Hall–Kier alpha value is -2.67. The molecule has 0 aliphatic carbocycles. The topological polar surface area (TPSA) is 101 Å². The van der Waals surface area contributed by atoms with E-state index < -0.39 is 6.04 Å². The summed E-state index contributed by atoms with van der Waals surface area (Å²) < 4.78 is 5.35. The van der Waals surface area contributed by atoms with Crippen LogP contribution in [0.3, 0.4) is 0 Å². The van der Waals surface area contributed by atoms with Crippen LogP contribution in [0.4, 0.5) is 0 Å². The molecule has 2 amide bonds. The van der Waals surface area contributed by atoms with Crippen molar-refractivity contribution in [1.82, 2.24) is 15.2 Å². The number of likely N-dealkylation sites (tertiary alicyclic amines) is 1. The molecule has 1 saturated heterocycles. The number of amides is 2. The van der Waals surface area contributed by atoms with Gasteiger partial charge in [-0.3, -0.25) is 9.59 Å². The van der Waals surface area contributed by atoms with Crippen molar-refractivity contribution in [3.8, 4) is 0 Å². The fourth-order valence-electron chi connectivity index (χ4n) is 2.84. The third-order valence-electron chi connectivity index (χ3n) is 4.24. The molecule has 3 N–H and O–H groups in total. The van der Waals surface area contributed by atoms with Gasteiger partial charge in [-0.2, -0.15) is 0 Å². The maximum atomic E-state index is 12.1. The summed E-state index contributed by atoms with van der Waals surface area (Å²) in [6.45, 7) is 1.97. The molecular formula is C18H22N4O3. The number of hydrogen-bond donors (Lipinski definition) is 2. The van der Waals surface area contributed by atoms with Crippen molar-refractivity contribution in [3.63, 3.8) is 0 Å². The highest BCUT2D eigenvalue weighted by molar-refractivity contribution is 5.91. The molecule has 132 valence electrons. The molecule has 7 nitrogen and oxygen atoms in total. The van der Waals surface area contributed by atoms with E-state index >= 15 is 0 Å². The van der Waals surface area contributed by atoms with E-state index in [1.54, 1.807) is 0 Å². The van der Waals surface area contributed by atoms with Crippen LogP contribution in [-0.2, 0) is 4.79 Å². The first-order valence-electron chi connectivity index (χ1n) is 8.47. The quantitative estimate of drug-likeness (QED) is 0.742. The number of rotatable bonds is 7. The molecule has 0 radical (unpaired) electrons. The minimum atomic E-state index is -0.510. The lowest BCUT2D eigenvalue weighted by molar-refractivity contribution is -0.127. The van der Waals surface area contributed by atoms with Gasteiger partial charge in [0.25, 0.3) is 5.91 Å². The lowest BCUT2D eigenvalue weighted by atomic mass is 10.1. The number of nitrogens with zero attached hydrogens (tertiary/aromatic N) is 2. The number of nitrogens with two attached hydrogens (primary N) is 1. The third kappa shape index (κ3) is 4.24. The van der Waals surface area contributed by atoms with E-state index in [2.05, 4.69) is 10.3 Å². The molecular weight excluding hydrogens is 320 g/mol. The lowest BCUT2D eigenvalue weighted by Crippen LogP contribution is -2.30. The number of carbonyl (C=O) groups is 2. The molecule has 0 saturated carbocycles. The van der Waals surface area contributed by atoms with Crippen molar-refractivity contribution < 1.29 is 14.0 Å². The molecule has 0 bridgehead atoms. The molecule has 1 aromatic carbocycles. The minimum absolute atomic E-state index is 0.197. The fraction of sp³-hybridized carbons (Fsp3) is 0.389. The second-order valence-corrected chi connectivity index (χ2v) is 6.05. The van der Waals surface area contributed by atoms with Crippen molar-refractivity contribution >= 4 is 11.8 Å². The summed E-state index contributed by atoms with van der Waals surface area (Å²) in [5, 5.41) is 2.79. The van der Waals surface area contributed by atoms with E-state index in [1.807, 2.05) is 35.2 Å². The van der Waals surface area contributed by atoms with Gasteiger partial charge in [0.15, 0.2) is 5.69 Å². The highest BCUT2D eigenvalue weighted by atomic mass is 16.3. The maximum Gasteiger partial charge on any atom is 0.273 e. The molecule has 25 heavy (non-hydrogen) atoms. The van der Waals surface area contributed by atoms with Crippen molar-refractivity contribution in [1.29, 1.82) is 0 Å². The average molecular weight is 342 g/mol. The SMILES string of the molecule is NC(c1ccccc1)c1nc(C(=O)NCCCN2CCCC2=O)co1. The predicted octanol–water partition coefficient (Wildman–Crippen LogP) is 1.46. The van der Waals surface area contributed by atoms with Gasteiger partial charge in [0.05, 0.1) is 0 Å². The predicted molar refractivity (Wildman–Crippen MR) is 91.7 cm³/mol. The Bertz CT molecular complexity index is 729. The number of carbonyl (C=O) groups excluding carboxylic acids is 2. The van der Waals surface area contributed by atoms with Crippen LogP contribution in [0.15, 0.2) is 41.0 Å². The summed E-state index contributed by atoms with van der Waals surface area (Å²) in [5.41, 5.74) is 7.18. The van der Waals surface area contributed by atoms with Crippen molar-refractivity contribution in [3.05, 3.63) is 53.7 Å². The minimum Gasteiger partial charge on any atom is -0.446 e. The molecule has 3 rings (SSSR count). The Balaban J connectivity index is 1.48. The summed E-state index contributed by atoms with van der Waals surface area (Å²) in [4.78, 5) is 29.7. The maximum absolute atomic E-state index is 12.1. The smallest absolute Gasteiger partial charge is 0.273 e. The van der Waals surface area contributed by atoms with Gasteiger partial charge >= 0.3 is 0 Å². The Morgan fingerprint density at radius 2 is 2.16 bits per heavy atom. The van der Waals surface area contributed by atoms with Crippen LogP contribution in [0.25, 0.3) is 0 Å². The van der Waals surface area contributed by atoms with Gasteiger partial charge in [0, 0.05) is 26.1 Å². The summed E-state index contributed by atoms with van der Waals surface area (Å²) in [6, 6.07) is 8.93. The highest BCUT2D eigenvalue weighted by Crippen LogP contribution is 2.18. The lowest BCUT2D eigenvalue weighted by Gasteiger charge is -2.14. The zero-order valence-electron chi connectivity index (χ0n) is 14.0. The van der Waals surface area contributed by atoms with Crippen LogP contribution in [0.1, 0.15) is 47.2 Å². The Kier molecular flexibility index (Phi) is 5.45. The number of aromatic nitrogens is 1. The van der Waals surface area contributed by atoms with Crippen LogP contribution in [0, 0.1) is 0 Å². The van der Waals surface area contributed by atoms with Crippen molar-refractivity contribution in [2.75, 3.05) is 19.6 Å². The fourth-order valence-corrected chi connectivity index (χ4v) is 2.84. The first-order valence-corrected chi connectivity index (χ1v) is 8.47. The Morgan fingerprint density at radius 3 is 2.88 bits per heavy atom. The van der Waals surface area contributed by atoms with Crippen LogP contribution in [0.5, 0.6) is 0 Å². The van der Waals surface area contributed by atoms with Crippen LogP contribution in [0.2, 0.25) is 0 Å². The van der Waals surface area contributed by atoms with Gasteiger partial charge in [0.1, 0.15) is 12.3 Å². The van der Waals surface area contributed by atoms with E-state index in [9.17, 15) is 9.59 Å². The summed E-state index contributed by atoms with van der Waals surface area (Å²) in [7, 11) is 0. The van der Waals surface area contributed by atoms with Gasteiger partial charge in [-0.1, -0.05) is 30.3 Å². The molecule has 1 fully saturated rings. The summed E-state index contributed by atoms with van der Waals surface area (Å²) in [5.74, 6) is 0.199. The van der Waals surface area contributed by atoms with Gasteiger partial charge in [-0.25, -0.2) is 4.98 Å². The zero-order chi connectivity index (χ0) is 17.6. The van der Waals surface area contributed by atoms with Gasteiger partial charge in [-0.15, -0.1) is 0 Å². The molecule has 0 spiro atoms. The van der Waals surface area contributed by atoms with Crippen LogP contribution < -0.4 is 11.1 Å². The number of nitrogens with one attached hydrogen (secondary N) is 1. The largest absolute Gasteiger partial charge is 0.446 e. The van der Waals surface area contributed by atoms with E-state index in [0.29, 0.717) is 31.8 Å². The van der Waals surface area contributed by atoms with Gasteiger partial charge in [0.2, 0.25) is 11.8 Å². The molecule has 1 aliphatic heterocycles. The van der Waals surface area contributed by atoms with Crippen molar-refractivity contribution in [2.45, 2.75) is 25.3 Å². The molecule has 2 heterocycles. The van der Waals surface area contributed by atoms with Crippen LogP contribution in [-0.4, -0.2) is 41.3 Å². The highest BCUT2D eigenvalue weighted by Gasteiger charge is 2.20.